The second kappa shape index (κ2) is 7.58. The summed E-state index contributed by atoms with van der Waals surface area (Å²) in [5, 5.41) is 0. The first-order valence-electron chi connectivity index (χ1n) is 8.45. The van der Waals surface area contributed by atoms with Gasteiger partial charge in [0.25, 0.3) is 11.7 Å². The molecule has 136 valence electrons. The predicted octanol–water partition coefficient (Wildman–Crippen LogP) is 0.869. The summed E-state index contributed by atoms with van der Waals surface area (Å²) in [5.41, 5.74) is 0.808. The number of hydrogen-bond donors (Lipinski definition) is 0. The Labute approximate surface area is 147 Å². The monoisotopic (exact) mass is 349 g/mol. The van der Waals surface area contributed by atoms with Crippen LogP contribution in [-0.4, -0.2) is 78.1 Å². The van der Waals surface area contributed by atoms with Crippen LogP contribution in [0.1, 0.15) is 27.2 Å². The lowest BCUT2D eigenvalue weighted by molar-refractivity contribution is -0.408. The molecule has 1 unspecified atom stereocenters. The molecule has 0 saturated carbocycles. The number of nitrogens with zero attached hydrogens (tertiary/aromatic N) is 4. The summed E-state index contributed by atoms with van der Waals surface area (Å²) in [5.74, 6) is -0.718. The van der Waals surface area contributed by atoms with Gasteiger partial charge < -0.3 is 9.64 Å². The molecule has 0 spiro atoms. The maximum atomic E-state index is 13.0. The van der Waals surface area contributed by atoms with Crippen LogP contribution in [-0.2, 0) is 14.3 Å². The minimum Gasteiger partial charge on any atom is -0.499 e. The van der Waals surface area contributed by atoms with Crippen LogP contribution < -0.4 is 0 Å². The molecule has 0 radical (unpaired) electrons. The molecular weight excluding hydrogens is 324 g/mol. The van der Waals surface area contributed by atoms with Crippen molar-refractivity contribution in [2.75, 3.05) is 33.8 Å². The third kappa shape index (κ3) is 3.20. The number of carbonyl (C=O) groups is 3. The highest BCUT2D eigenvalue weighted by atomic mass is 16.5. The van der Waals surface area contributed by atoms with Gasteiger partial charge in [0.1, 0.15) is 12.0 Å². The van der Waals surface area contributed by atoms with Gasteiger partial charge >= 0.3 is 11.9 Å². The normalized spacial score (nSPS) is 20.2. The Kier molecular flexibility index (Phi) is 5.71. The second-order valence-corrected chi connectivity index (χ2v) is 5.83. The van der Waals surface area contributed by atoms with Crippen molar-refractivity contribution in [2.24, 2.45) is 10.9 Å². The fraction of sp³-hybridized carbons (Fsp3) is 0.588. The number of urea groups is 1. The second-order valence-electron chi connectivity index (χ2n) is 5.83. The van der Waals surface area contributed by atoms with Gasteiger partial charge in [-0.1, -0.05) is 6.92 Å². The van der Waals surface area contributed by atoms with Gasteiger partial charge in [0, 0.05) is 18.7 Å². The summed E-state index contributed by atoms with van der Waals surface area (Å²) < 4.78 is 6.76. The molecule has 4 amide bonds. The third-order valence-electron chi connectivity index (χ3n) is 4.57. The topological polar surface area (TPSA) is 82.3 Å². The molecular formula is C17H25N4O4+. The largest absolute Gasteiger partial charge is 0.499 e. The van der Waals surface area contributed by atoms with Crippen molar-refractivity contribution < 1.29 is 23.7 Å². The quantitative estimate of drug-likeness (QED) is 0.666. The summed E-state index contributed by atoms with van der Waals surface area (Å²) in [4.78, 5) is 44.8. The molecule has 0 aliphatic carbocycles. The number of amides is 4. The predicted molar refractivity (Wildman–Crippen MR) is 92.5 cm³/mol. The highest BCUT2D eigenvalue weighted by Crippen LogP contribution is 2.28. The molecule has 0 aromatic carbocycles. The van der Waals surface area contributed by atoms with Gasteiger partial charge in [-0.15, -0.1) is 4.99 Å². The summed E-state index contributed by atoms with van der Waals surface area (Å²) in [6, 6.07) is -0.552. The van der Waals surface area contributed by atoms with E-state index < -0.39 is 17.9 Å². The molecule has 0 aromatic rings. The van der Waals surface area contributed by atoms with Crippen LogP contribution in [0.15, 0.2) is 16.3 Å². The SMILES string of the molecule is CCC1=C(OC)C2C(=O)N(CC(=O)N(CC)CC)C(=O)[N+](C)=C2N=C1. The van der Waals surface area contributed by atoms with E-state index in [1.165, 1.54) is 11.7 Å². The summed E-state index contributed by atoms with van der Waals surface area (Å²) in [7, 11) is 3.05. The number of likely N-dealkylation sites (N-methyl/N-ethyl adjacent to an activating group) is 1. The standard InChI is InChI=1S/C17H25N4O4/c1-6-11-9-18-15-13(14(11)25-5)16(23)21(17(24)19(15)4)10-12(22)20(7-2)8-3/h9,13H,6-8,10H2,1-5H3/q+1. The molecule has 1 atom stereocenters. The Balaban J connectivity index is 2.42. The summed E-state index contributed by atoms with van der Waals surface area (Å²) in [6.07, 6.45) is 2.28. The minimum atomic E-state index is -0.794. The van der Waals surface area contributed by atoms with Crippen molar-refractivity contribution in [1.82, 2.24) is 9.80 Å². The number of aliphatic imine (C=N–C) groups is 1. The fourth-order valence-corrected chi connectivity index (χ4v) is 3.09. The van der Waals surface area contributed by atoms with Gasteiger partial charge in [-0.3, -0.25) is 9.59 Å². The van der Waals surface area contributed by atoms with Crippen molar-refractivity contribution >= 4 is 29.9 Å². The van der Waals surface area contributed by atoms with Gasteiger partial charge in [-0.25, -0.2) is 4.79 Å². The number of carbonyl (C=O) groups excluding carboxylic acids is 3. The maximum Gasteiger partial charge on any atom is 0.446 e. The first kappa shape index (κ1) is 18.8. The first-order chi connectivity index (χ1) is 11.9. The van der Waals surface area contributed by atoms with Crippen LogP contribution in [0.3, 0.4) is 0 Å². The number of methoxy groups -OCH3 is 1. The molecule has 2 aliphatic heterocycles. The number of allylic oxidation sites excluding steroid dienone is 1. The molecule has 0 fully saturated rings. The molecule has 2 aliphatic rings. The van der Waals surface area contributed by atoms with Crippen LogP contribution in [0.5, 0.6) is 0 Å². The molecule has 25 heavy (non-hydrogen) atoms. The molecule has 0 aromatic heterocycles. The number of imide groups is 1. The number of amidine groups is 1. The van der Waals surface area contributed by atoms with Crippen molar-refractivity contribution in [2.45, 2.75) is 27.2 Å². The Morgan fingerprint density at radius 2 is 1.96 bits per heavy atom. The van der Waals surface area contributed by atoms with Crippen molar-refractivity contribution in [3.8, 4) is 0 Å². The lowest BCUT2D eigenvalue weighted by Crippen LogP contribution is -2.57. The molecule has 8 nitrogen and oxygen atoms in total. The van der Waals surface area contributed by atoms with E-state index in [0.717, 1.165) is 10.5 Å². The smallest absolute Gasteiger partial charge is 0.446 e. The van der Waals surface area contributed by atoms with E-state index in [0.29, 0.717) is 31.1 Å². The van der Waals surface area contributed by atoms with Crippen LogP contribution in [0.25, 0.3) is 0 Å². The van der Waals surface area contributed by atoms with Crippen molar-refractivity contribution in [1.29, 1.82) is 0 Å². The molecule has 0 N–H and O–H groups in total. The zero-order valence-electron chi connectivity index (χ0n) is 15.4. The van der Waals surface area contributed by atoms with E-state index >= 15 is 0 Å². The average Bonchev–Trinajstić information content (AvgIpc) is 2.62. The Morgan fingerprint density at radius 1 is 1.32 bits per heavy atom. The van der Waals surface area contributed by atoms with Crippen molar-refractivity contribution in [3.63, 3.8) is 0 Å². The van der Waals surface area contributed by atoms with E-state index in [-0.39, 0.29) is 12.5 Å². The van der Waals surface area contributed by atoms with Gasteiger partial charge in [0.15, 0.2) is 12.5 Å². The molecule has 2 heterocycles. The summed E-state index contributed by atoms with van der Waals surface area (Å²) in [6.45, 7) is 6.42. The summed E-state index contributed by atoms with van der Waals surface area (Å²) >= 11 is 0. The van der Waals surface area contributed by atoms with Crippen LogP contribution in [0, 0.1) is 5.92 Å². The molecule has 2 rings (SSSR count). The molecule has 0 bridgehead atoms. The number of hydrogen-bond acceptors (Lipinski definition) is 5. The Morgan fingerprint density at radius 3 is 2.48 bits per heavy atom. The number of rotatable bonds is 6. The van der Waals surface area contributed by atoms with E-state index in [1.807, 2.05) is 20.8 Å². The van der Waals surface area contributed by atoms with E-state index in [1.54, 1.807) is 18.2 Å². The van der Waals surface area contributed by atoms with E-state index in [4.69, 9.17) is 4.74 Å². The van der Waals surface area contributed by atoms with Gasteiger partial charge in [0.05, 0.1) is 14.2 Å². The minimum absolute atomic E-state index is 0.262. The highest BCUT2D eigenvalue weighted by molar-refractivity contribution is 6.16. The number of dihydropyridines is 1. The highest BCUT2D eigenvalue weighted by Gasteiger charge is 2.51. The third-order valence-corrected chi connectivity index (χ3v) is 4.57. The zero-order valence-corrected chi connectivity index (χ0v) is 15.4. The Bertz CT molecular complexity index is 689. The van der Waals surface area contributed by atoms with Gasteiger partial charge in [0.2, 0.25) is 0 Å². The first-order valence-corrected chi connectivity index (χ1v) is 8.45. The maximum absolute atomic E-state index is 13.0. The fourth-order valence-electron chi connectivity index (χ4n) is 3.09. The molecule has 0 saturated heterocycles. The number of ether oxygens (including phenoxy) is 1. The van der Waals surface area contributed by atoms with Gasteiger partial charge in [-0.05, 0) is 20.3 Å². The Hall–Kier alpha value is -2.51. The average molecular weight is 349 g/mol. The van der Waals surface area contributed by atoms with Crippen LogP contribution in [0.4, 0.5) is 4.79 Å². The van der Waals surface area contributed by atoms with Crippen LogP contribution >= 0.6 is 0 Å². The zero-order chi connectivity index (χ0) is 18.7. The lowest BCUT2D eigenvalue weighted by Gasteiger charge is -2.30. The van der Waals surface area contributed by atoms with Crippen LogP contribution in [0.2, 0.25) is 0 Å². The van der Waals surface area contributed by atoms with E-state index in [2.05, 4.69) is 4.99 Å². The van der Waals surface area contributed by atoms with E-state index in [9.17, 15) is 14.4 Å². The van der Waals surface area contributed by atoms with Crippen molar-refractivity contribution in [3.05, 3.63) is 11.3 Å². The lowest BCUT2D eigenvalue weighted by atomic mass is 9.94. The molecule has 8 heteroatoms. The van der Waals surface area contributed by atoms with Gasteiger partial charge in [-0.2, -0.15) is 9.48 Å². The number of fused-ring (bicyclic) bond motifs is 1.